The Bertz CT molecular complexity index is 1820. The molecule has 0 aromatic heterocycles. The normalized spacial score (nSPS) is 13.3. The van der Waals surface area contributed by atoms with Gasteiger partial charge in [0.15, 0.2) is 6.10 Å². The molecule has 0 aliphatic heterocycles. The average molecular weight is 1090 g/mol. The van der Waals surface area contributed by atoms with E-state index < -0.39 is 6.10 Å². The Kier molecular flexibility index (Phi) is 61.0. The first kappa shape index (κ1) is 73.8. The fraction of sp³-hybridized carbons (Fsp3) is 0.575. The molecule has 0 rings (SSSR count). The predicted octanol–water partition coefficient (Wildman–Crippen LogP) is 21.9. The van der Waals surface area contributed by atoms with Gasteiger partial charge in [-0.05, 0) is 148 Å². The van der Waals surface area contributed by atoms with Crippen LogP contribution >= 0.6 is 0 Å². The minimum Gasteiger partial charge on any atom is -0.462 e. The Balaban J connectivity index is 4.46. The minimum absolute atomic E-state index is 0.108. The molecule has 0 aliphatic carbocycles. The van der Waals surface area contributed by atoms with Crippen LogP contribution < -0.4 is 0 Å². The highest BCUT2D eigenvalue weighted by atomic mass is 16.6. The Hall–Kier alpha value is -5.23. The molecule has 79 heavy (non-hydrogen) atoms. The lowest BCUT2D eigenvalue weighted by Gasteiger charge is -2.18. The molecule has 6 heteroatoms. The lowest BCUT2D eigenvalue weighted by atomic mass is 10.1. The number of esters is 3. The van der Waals surface area contributed by atoms with Gasteiger partial charge in [0, 0.05) is 19.3 Å². The molecular formula is C73H114O6. The highest BCUT2D eigenvalue weighted by molar-refractivity contribution is 5.71. The van der Waals surface area contributed by atoms with Crippen molar-refractivity contribution in [3.8, 4) is 0 Å². The van der Waals surface area contributed by atoms with Gasteiger partial charge < -0.3 is 14.2 Å². The summed E-state index contributed by atoms with van der Waals surface area (Å²) in [6.45, 7) is 6.29. The van der Waals surface area contributed by atoms with Gasteiger partial charge in [0.1, 0.15) is 13.2 Å². The highest BCUT2D eigenvalue weighted by Gasteiger charge is 2.19. The fourth-order valence-corrected chi connectivity index (χ4v) is 8.02. The molecule has 0 aromatic carbocycles. The third-order valence-corrected chi connectivity index (χ3v) is 12.7. The molecule has 0 spiro atoms. The molecule has 0 amide bonds. The van der Waals surface area contributed by atoms with E-state index in [1.54, 1.807) is 0 Å². The minimum atomic E-state index is -0.813. The van der Waals surface area contributed by atoms with Gasteiger partial charge in [-0.15, -0.1) is 0 Å². The number of ether oxygens (including phenoxy) is 3. The molecular weight excluding hydrogens is 973 g/mol. The van der Waals surface area contributed by atoms with Crippen LogP contribution in [0.1, 0.15) is 252 Å². The van der Waals surface area contributed by atoms with Crippen molar-refractivity contribution in [2.45, 2.75) is 258 Å². The lowest BCUT2D eigenvalue weighted by Crippen LogP contribution is -2.30. The molecule has 0 bridgehead atoms. The lowest BCUT2D eigenvalue weighted by molar-refractivity contribution is -0.167. The van der Waals surface area contributed by atoms with Crippen molar-refractivity contribution in [2.75, 3.05) is 13.2 Å². The first-order chi connectivity index (χ1) is 39.0. The van der Waals surface area contributed by atoms with Crippen molar-refractivity contribution in [1.82, 2.24) is 0 Å². The maximum absolute atomic E-state index is 12.9. The molecule has 1 unspecified atom stereocenters. The number of carbonyl (C=O) groups is 3. The molecule has 442 valence electrons. The van der Waals surface area contributed by atoms with E-state index in [4.69, 9.17) is 14.2 Å². The number of carbonyl (C=O) groups excluding carboxylic acids is 3. The first-order valence-electron chi connectivity index (χ1n) is 31.6. The smallest absolute Gasteiger partial charge is 0.306 e. The average Bonchev–Trinajstić information content (AvgIpc) is 3.45. The van der Waals surface area contributed by atoms with Gasteiger partial charge in [-0.2, -0.15) is 0 Å². The number of unbranched alkanes of at least 4 members (excludes halogenated alkanes) is 16. The van der Waals surface area contributed by atoms with E-state index >= 15 is 0 Å². The van der Waals surface area contributed by atoms with E-state index in [2.05, 4.69) is 191 Å². The fourth-order valence-electron chi connectivity index (χ4n) is 8.02. The van der Waals surface area contributed by atoms with Gasteiger partial charge in [0.2, 0.25) is 0 Å². The number of hydrogen-bond donors (Lipinski definition) is 0. The zero-order valence-corrected chi connectivity index (χ0v) is 50.6. The maximum atomic E-state index is 12.9. The van der Waals surface area contributed by atoms with E-state index in [9.17, 15) is 14.4 Å². The molecule has 0 aromatic rings. The Morgan fingerprint density at radius 2 is 0.494 bits per heavy atom. The Labute approximate surface area is 485 Å². The van der Waals surface area contributed by atoms with Crippen molar-refractivity contribution in [3.05, 3.63) is 170 Å². The van der Waals surface area contributed by atoms with Crippen LogP contribution in [0.2, 0.25) is 0 Å². The van der Waals surface area contributed by atoms with Crippen molar-refractivity contribution < 1.29 is 28.6 Å². The molecule has 0 fully saturated rings. The van der Waals surface area contributed by atoms with Crippen molar-refractivity contribution in [2.24, 2.45) is 0 Å². The summed E-state index contributed by atoms with van der Waals surface area (Å²) in [5.74, 6) is -0.966. The quantitative estimate of drug-likeness (QED) is 0.0261. The second-order valence-corrected chi connectivity index (χ2v) is 20.2. The van der Waals surface area contributed by atoms with Gasteiger partial charge in [0.25, 0.3) is 0 Å². The number of rotatable bonds is 55. The largest absolute Gasteiger partial charge is 0.462 e. The van der Waals surface area contributed by atoms with Crippen LogP contribution in [0.3, 0.4) is 0 Å². The molecule has 1 atom stereocenters. The first-order valence-corrected chi connectivity index (χ1v) is 31.6. The summed E-state index contributed by atoms with van der Waals surface area (Å²) < 4.78 is 16.9. The summed E-state index contributed by atoms with van der Waals surface area (Å²) in [6, 6.07) is 0. The molecule has 0 N–H and O–H groups in total. The predicted molar refractivity (Wildman–Crippen MR) is 343 cm³/mol. The number of hydrogen-bond acceptors (Lipinski definition) is 6. The van der Waals surface area contributed by atoms with Crippen molar-refractivity contribution in [1.29, 1.82) is 0 Å². The molecule has 0 heterocycles. The molecule has 0 radical (unpaired) electrons. The van der Waals surface area contributed by atoms with E-state index in [1.807, 2.05) is 0 Å². The van der Waals surface area contributed by atoms with Crippen LogP contribution in [0.5, 0.6) is 0 Å². The summed E-state index contributed by atoms with van der Waals surface area (Å²) in [7, 11) is 0. The van der Waals surface area contributed by atoms with E-state index in [1.165, 1.54) is 6.42 Å². The van der Waals surface area contributed by atoms with E-state index in [0.29, 0.717) is 12.8 Å². The van der Waals surface area contributed by atoms with Crippen LogP contribution in [0.4, 0.5) is 0 Å². The van der Waals surface area contributed by atoms with Crippen LogP contribution in [0.15, 0.2) is 170 Å². The standard InChI is InChI=1S/C73H114O6/c1-4-7-10-13-16-19-22-25-27-29-31-33-34-35-36-37-38-40-41-43-45-48-51-54-57-60-63-66-72(75)78-69-70(68-77-71(74)65-62-59-56-53-50-47-24-21-18-15-12-9-6-3)79-73(76)67-64-61-58-55-52-49-46-44-42-39-32-30-28-26-23-20-17-14-11-8-5-2/h7-8,10-12,15-17,19-21,24-28,31-33,35-36,38-40,43-46,70H,4-6,9,13-14,18,22-23,29-30,34,37,41-42,47-69H2,1-3H3/b10-7-,11-8-,15-12-,19-16-,20-17-,24-21-,27-25-,28-26-,33-31-,36-35-,39-32-,40-38-,45-43-,46-44-. The van der Waals surface area contributed by atoms with Crippen molar-refractivity contribution in [3.63, 3.8) is 0 Å². The van der Waals surface area contributed by atoms with E-state index in [0.717, 1.165) is 205 Å². The van der Waals surface area contributed by atoms with Gasteiger partial charge in [-0.3, -0.25) is 14.4 Å². The van der Waals surface area contributed by atoms with Gasteiger partial charge >= 0.3 is 17.9 Å². The molecule has 0 saturated carbocycles. The van der Waals surface area contributed by atoms with Crippen LogP contribution in [0.25, 0.3) is 0 Å². The summed E-state index contributed by atoms with van der Waals surface area (Å²) in [5, 5.41) is 0. The summed E-state index contributed by atoms with van der Waals surface area (Å²) in [4.78, 5) is 38.3. The second kappa shape index (κ2) is 65.3. The second-order valence-electron chi connectivity index (χ2n) is 20.2. The van der Waals surface area contributed by atoms with Gasteiger partial charge in [0.05, 0.1) is 0 Å². The van der Waals surface area contributed by atoms with E-state index in [-0.39, 0.29) is 37.5 Å². The Morgan fingerprint density at radius 3 is 0.772 bits per heavy atom. The number of allylic oxidation sites excluding steroid dienone is 28. The highest BCUT2D eigenvalue weighted by Crippen LogP contribution is 2.13. The summed E-state index contributed by atoms with van der Waals surface area (Å²) in [6.07, 6.45) is 96.3. The monoisotopic (exact) mass is 1090 g/mol. The summed E-state index contributed by atoms with van der Waals surface area (Å²) >= 11 is 0. The zero-order chi connectivity index (χ0) is 57.1. The molecule has 0 aliphatic rings. The zero-order valence-electron chi connectivity index (χ0n) is 50.6. The van der Waals surface area contributed by atoms with Crippen LogP contribution in [-0.4, -0.2) is 37.2 Å². The third kappa shape index (κ3) is 63.5. The molecule has 0 saturated heterocycles. The SMILES string of the molecule is CC/C=C\C/C=C\C/C=C\C/C=C\C/C=C\C/C=C\C/C=C\CCCCCCCC(=O)OCC(COC(=O)CCCCCCC/C=C\C/C=C\CCC)OC(=O)CCCCCCC/C=C\C/C=C\C/C=C\C/C=C\C/C=C\CC. The third-order valence-electron chi connectivity index (χ3n) is 12.7. The van der Waals surface area contributed by atoms with Gasteiger partial charge in [-0.1, -0.05) is 255 Å². The molecule has 6 nitrogen and oxygen atoms in total. The maximum Gasteiger partial charge on any atom is 0.306 e. The topological polar surface area (TPSA) is 78.9 Å². The van der Waals surface area contributed by atoms with Crippen LogP contribution in [0, 0.1) is 0 Å². The Morgan fingerprint density at radius 1 is 0.266 bits per heavy atom. The summed E-state index contributed by atoms with van der Waals surface area (Å²) in [5.41, 5.74) is 0. The van der Waals surface area contributed by atoms with Gasteiger partial charge in [-0.25, -0.2) is 0 Å². The van der Waals surface area contributed by atoms with Crippen molar-refractivity contribution >= 4 is 17.9 Å². The van der Waals surface area contributed by atoms with Crippen LogP contribution in [-0.2, 0) is 28.6 Å².